The zero-order chi connectivity index (χ0) is 65.3. The van der Waals surface area contributed by atoms with Crippen LogP contribution in [0.2, 0.25) is 10.0 Å². The standard InChI is InChI=1S/C24H23F4NO4S.C23H23ClFNO2S.C22H19ClFNO3/c1-13(14-6-8-16(9-7-14)24(26,27)28)29-22-15(10-21(30)31)4-3-5-18(22)19-11-17(25)12-20(23(19)29)34-33-32-2;1-13(2)18-11-16(25)12-19-21(18)23(29-17-7-5-15(24)6-8-17)22-14(10-20(27)28)4-3-9-26(19)22;1-12(26)18-9-16(24)10-19-17-7-4-14(8-20(27)28)21(17)25(22(18)19)11-13-2-5-15(23)6-3-13/h6-9,11-13,15H,3-5,10H2,1-2H3,(H,30,31);5-8,11-14H,3-4,9-10H2,1-2H3,(H,27,28);2-3,5-6,9-10,14H,4,7-8,11H2,1H3,(H,27,28)/t13-,15+;2*14-/m011/s1. The number of rotatable bonds is 17. The Morgan fingerprint density at radius 1 is 0.670 bits per heavy atom. The Balaban J connectivity index is 0.000000151. The maximum Gasteiger partial charge on any atom is 0.416 e. The van der Waals surface area contributed by atoms with Crippen molar-refractivity contribution in [3.8, 4) is 0 Å². The van der Waals surface area contributed by atoms with Gasteiger partial charge in [-0.25, -0.2) is 18.1 Å². The van der Waals surface area contributed by atoms with Crippen molar-refractivity contribution in [1.29, 1.82) is 0 Å². The number of carbonyl (C=O) groups is 4. The van der Waals surface area contributed by atoms with E-state index in [1.165, 1.54) is 50.4 Å². The Morgan fingerprint density at radius 3 is 1.82 bits per heavy atom. The monoisotopic (exact) mass is 1330 g/mol. The molecule has 3 N–H and O–H groups in total. The smallest absolute Gasteiger partial charge is 0.416 e. The van der Waals surface area contributed by atoms with Gasteiger partial charge < -0.3 is 29.0 Å². The molecule has 0 saturated carbocycles. The summed E-state index contributed by atoms with van der Waals surface area (Å²) in [6, 6.07) is 28.2. The third kappa shape index (κ3) is 14.4. The second kappa shape index (κ2) is 27.9. The van der Waals surface area contributed by atoms with E-state index in [1.807, 2.05) is 52.5 Å². The number of ketones is 1. The molecule has 0 radical (unpaired) electrons. The summed E-state index contributed by atoms with van der Waals surface area (Å²) >= 11 is 14.5. The predicted octanol–water partition coefficient (Wildman–Crippen LogP) is 19.1. The number of Topliss-reactive ketones (excluding diaryl/α,β-unsaturated/α-hetero) is 1. The van der Waals surface area contributed by atoms with E-state index in [-0.39, 0.29) is 54.5 Å². The van der Waals surface area contributed by atoms with Crippen LogP contribution < -0.4 is 0 Å². The van der Waals surface area contributed by atoms with E-state index in [1.54, 1.807) is 36.0 Å². The van der Waals surface area contributed by atoms with Crippen molar-refractivity contribution in [2.24, 2.45) is 0 Å². The van der Waals surface area contributed by atoms with Gasteiger partial charge in [-0.05, 0) is 177 Å². The minimum Gasteiger partial charge on any atom is -0.481 e. The first-order chi connectivity index (χ1) is 43.3. The largest absolute Gasteiger partial charge is 0.481 e. The van der Waals surface area contributed by atoms with Crippen molar-refractivity contribution < 1.29 is 70.1 Å². The Hall–Kier alpha value is -7.20. The predicted molar refractivity (Wildman–Crippen MR) is 341 cm³/mol. The van der Waals surface area contributed by atoms with Gasteiger partial charge in [-0.3, -0.25) is 19.2 Å². The summed E-state index contributed by atoms with van der Waals surface area (Å²) in [5, 5.41) is 32.0. The number of nitrogens with zero attached hydrogens (tertiary/aromatic N) is 3. The fourth-order valence-corrected chi connectivity index (χ4v) is 15.6. The van der Waals surface area contributed by atoms with E-state index >= 15 is 0 Å². The van der Waals surface area contributed by atoms with Crippen molar-refractivity contribution in [2.45, 2.75) is 156 Å². The van der Waals surface area contributed by atoms with Gasteiger partial charge >= 0.3 is 24.1 Å². The second-order valence-electron chi connectivity index (χ2n) is 23.6. The summed E-state index contributed by atoms with van der Waals surface area (Å²) in [5.74, 6) is -4.39. The second-order valence-corrected chi connectivity index (χ2v) is 26.3. The number of hydrogen-bond donors (Lipinski definition) is 3. The molecule has 0 unspecified atom stereocenters. The van der Waals surface area contributed by atoms with Gasteiger partial charge in [0.2, 0.25) is 0 Å². The summed E-state index contributed by atoms with van der Waals surface area (Å²) in [7, 11) is 1.32. The van der Waals surface area contributed by atoms with Crippen molar-refractivity contribution in [3.05, 3.63) is 193 Å². The molecule has 4 heterocycles. The number of carboxylic acids is 3. The van der Waals surface area contributed by atoms with E-state index in [9.17, 15) is 60.8 Å². The number of aliphatic carboxylic acids is 3. The summed E-state index contributed by atoms with van der Waals surface area (Å²) in [6.07, 6.45) is 0.719. The number of aromatic nitrogens is 3. The fourth-order valence-electron chi connectivity index (χ4n) is 13.5. The minimum absolute atomic E-state index is 0.0157. The van der Waals surface area contributed by atoms with Crippen molar-refractivity contribution >= 4 is 103 Å². The van der Waals surface area contributed by atoms with E-state index in [2.05, 4.69) is 23.3 Å². The highest BCUT2D eigenvalue weighted by Crippen LogP contribution is 2.50. The molecule has 12 nitrogen and oxygen atoms in total. The Morgan fingerprint density at radius 2 is 1.23 bits per heavy atom. The topological polar surface area (TPSA) is 162 Å². The van der Waals surface area contributed by atoms with E-state index in [0.29, 0.717) is 80.1 Å². The normalized spacial score (nSPS) is 16.4. The zero-order valence-electron chi connectivity index (χ0n) is 50.2. The molecule has 6 aromatic carbocycles. The van der Waals surface area contributed by atoms with E-state index in [0.717, 1.165) is 110 Å². The average molecular weight is 1330 g/mol. The molecule has 478 valence electrons. The molecule has 9 aromatic rings. The van der Waals surface area contributed by atoms with Crippen molar-refractivity contribution in [1.82, 2.24) is 13.7 Å². The summed E-state index contributed by atoms with van der Waals surface area (Å²) < 4.78 is 93.7. The molecule has 2 aliphatic carbocycles. The number of fused-ring (bicyclic) bond motifs is 9. The molecule has 0 spiro atoms. The summed E-state index contributed by atoms with van der Waals surface area (Å²) in [4.78, 5) is 54.0. The molecule has 0 fully saturated rings. The number of alkyl halides is 3. The molecule has 3 aliphatic rings. The Labute approximate surface area is 539 Å². The van der Waals surface area contributed by atoms with Gasteiger partial charge in [0.15, 0.2) is 5.78 Å². The fraction of sp³-hybridized carbons (Fsp3) is 0.333. The molecular weight excluding hydrogens is 1260 g/mol. The Bertz CT molecular complexity index is 4240. The number of hydrogen-bond acceptors (Lipinski definition) is 8. The van der Waals surface area contributed by atoms with Gasteiger partial charge in [0.05, 0.1) is 71.5 Å². The third-order valence-electron chi connectivity index (χ3n) is 17.3. The molecular formula is C69H65Cl2F6N3O9S2. The highest BCUT2D eigenvalue weighted by molar-refractivity contribution is 7.99. The number of carboxylic acid groups (broad SMARTS) is 3. The molecule has 1 aliphatic heterocycles. The molecule has 3 aromatic heterocycles. The first kappa shape index (κ1) is 66.7. The van der Waals surface area contributed by atoms with Crippen molar-refractivity contribution in [2.75, 3.05) is 7.11 Å². The average Bonchev–Trinajstić information content (AvgIpc) is 1.61. The van der Waals surface area contributed by atoms with Gasteiger partial charge in [-0.2, -0.15) is 17.5 Å². The molecule has 4 atom stereocenters. The molecule has 91 heavy (non-hydrogen) atoms. The van der Waals surface area contributed by atoms with E-state index in [4.69, 9.17) is 27.5 Å². The van der Waals surface area contributed by atoms with Crippen LogP contribution in [0.25, 0.3) is 32.7 Å². The van der Waals surface area contributed by atoms with Crippen molar-refractivity contribution in [3.63, 3.8) is 0 Å². The first-order valence-electron chi connectivity index (χ1n) is 29.8. The Kier molecular flexibility index (Phi) is 20.5. The lowest BCUT2D eigenvalue weighted by molar-refractivity contribution is -0.160. The van der Waals surface area contributed by atoms with Crippen LogP contribution in [-0.4, -0.2) is 59.8 Å². The number of halogens is 8. The van der Waals surface area contributed by atoms with Crippen LogP contribution in [-0.2, 0) is 55.7 Å². The number of benzene rings is 6. The quantitative estimate of drug-likeness (QED) is 0.0262. The molecule has 0 saturated heterocycles. The van der Waals surface area contributed by atoms with Crippen LogP contribution in [0.15, 0.2) is 124 Å². The van der Waals surface area contributed by atoms with Crippen LogP contribution in [0, 0.1) is 17.5 Å². The maximum atomic E-state index is 14.6. The summed E-state index contributed by atoms with van der Waals surface area (Å²) in [5.41, 5.74) is 8.85. The van der Waals surface area contributed by atoms with Crippen LogP contribution in [0.3, 0.4) is 0 Å². The summed E-state index contributed by atoms with van der Waals surface area (Å²) in [6.45, 7) is 8.64. The molecule has 0 amide bonds. The lowest BCUT2D eigenvalue weighted by Crippen LogP contribution is -2.19. The zero-order valence-corrected chi connectivity index (χ0v) is 53.4. The van der Waals surface area contributed by atoms with Gasteiger partial charge in [-0.1, -0.05) is 73.1 Å². The molecule has 22 heteroatoms. The third-order valence-corrected chi connectivity index (χ3v) is 19.6. The van der Waals surface area contributed by atoms with Gasteiger partial charge in [-0.15, -0.1) is 0 Å². The molecule has 12 rings (SSSR count). The lowest BCUT2D eigenvalue weighted by atomic mass is 9.84. The van der Waals surface area contributed by atoms with Gasteiger partial charge in [0.25, 0.3) is 0 Å². The highest BCUT2D eigenvalue weighted by atomic mass is 35.5. The maximum absolute atomic E-state index is 14.6. The first-order valence-corrected chi connectivity index (χ1v) is 32.1. The highest BCUT2D eigenvalue weighted by Gasteiger charge is 2.37. The van der Waals surface area contributed by atoms with Gasteiger partial charge in [0.1, 0.15) is 17.5 Å². The minimum atomic E-state index is -4.45. The van der Waals surface area contributed by atoms with Crippen LogP contribution in [0.1, 0.15) is 170 Å². The van der Waals surface area contributed by atoms with E-state index < -0.39 is 47.3 Å². The number of aryl methyl sites for hydroxylation is 3. The van der Waals surface area contributed by atoms with Crippen LogP contribution in [0.4, 0.5) is 26.3 Å². The van der Waals surface area contributed by atoms with Crippen LogP contribution >= 0.6 is 47.0 Å². The lowest BCUT2D eigenvalue weighted by Gasteiger charge is -2.28. The van der Waals surface area contributed by atoms with Gasteiger partial charge in [0, 0.05) is 89.5 Å². The SMILES string of the molecule is CC(=O)c1cc(F)cc2c3c(n(Cc4ccc(Cl)cc4)c12)[C@@H](CC(=O)O)CC3.CC(C)c1cc(F)cc2c1c(Sc1ccc(Cl)cc1)c1n2CCC[C@@H]1CC(=O)O.COOSc1cc(F)cc2c3c(n([C@@H](C)c4ccc(C(F)(F)F)cc4)c12)[C@@H](CC(=O)O)CCC3. The number of carbonyl (C=O) groups excluding carboxylic acids is 1. The molecule has 0 bridgehead atoms. The van der Waals surface area contributed by atoms with Crippen LogP contribution in [0.5, 0.6) is 0 Å².